The van der Waals surface area contributed by atoms with Crippen LogP contribution in [0.25, 0.3) is 0 Å². The first-order valence-corrected chi connectivity index (χ1v) is 9.98. The molecule has 0 radical (unpaired) electrons. The zero-order valence-corrected chi connectivity index (χ0v) is 18.8. The van der Waals surface area contributed by atoms with E-state index >= 15 is 0 Å². The van der Waals surface area contributed by atoms with Gasteiger partial charge in [-0.05, 0) is 41.3 Å². The molecule has 164 valence electrons. The molecule has 7 heteroatoms. The molecule has 0 aliphatic rings. The highest BCUT2D eigenvalue weighted by Gasteiger charge is 2.20. The zero-order chi connectivity index (χ0) is 22.3. The summed E-state index contributed by atoms with van der Waals surface area (Å²) in [5.41, 5.74) is 2.51. The van der Waals surface area contributed by atoms with Gasteiger partial charge in [-0.3, -0.25) is 9.59 Å². The molecule has 0 unspecified atom stereocenters. The number of hydrogen-bond donors (Lipinski definition) is 1. The molecule has 0 aliphatic carbocycles. The molecular formula is C23H33N3O4. The van der Waals surface area contributed by atoms with Gasteiger partial charge in [-0.1, -0.05) is 20.8 Å². The molecule has 2 aromatic rings. The maximum absolute atomic E-state index is 12.7. The molecule has 0 saturated carbocycles. The number of carbonyl (C=O) groups is 2. The monoisotopic (exact) mass is 415 g/mol. The van der Waals surface area contributed by atoms with Gasteiger partial charge in [-0.15, -0.1) is 0 Å². The van der Waals surface area contributed by atoms with Crippen molar-refractivity contribution in [1.29, 1.82) is 0 Å². The van der Waals surface area contributed by atoms with E-state index in [1.165, 1.54) is 7.11 Å². The SMILES string of the molecule is COCC(=O)N(Cc1ccco1)Cc1cc(NC(=O)CC(C)(C)C)ccc1N(C)C. The summed E-state index contributed by atoms with van der Waals surface area (Å²) < 4.78 is 10.5. The Labute approximate surface area is 179 Å². The van der Waals surface area contributed by atoms with E-state index < -0.39 is 0 Å². The molecule has 2 amide bonds. The minimum Gasteiger partial charge on any atom is -0.467 e. The van der Waals surface area contributed by atoms with Gasteiger partial charge in [0.2, 0.25) is 11.8 Å². The highest BCUT2D eigenvalue weighted by atomic mass is 16.5. The number of nitrogens with zero attached hydrogens (tertiary/aromatic N) is 2. The number of hydrogen-bond acceptors (Lipinski definition) is 5. The van der Waals surface area contributed by atoms with Gasteiger partial charge < -0.3 is 24.3 Å². The Morgan fingerprint density at radius 2 is 1.87 bits per heavy atom. The zero-order valence-electron chi connectivity index (χ0n) is 18.8. The van der Waals surface area contributed by atoms with Crippen molar-refractivity contribution in [1.82, 2.24) is 4.90 Å². The number of ether oxygens (including phenoxy) is 1. The average molecular weight is 416 g/mol. The van der Waals surface area contributed by atoms with Crippen molar-refractivity contribution >= 4 is 23.2 Å². The van der Waals surface area contributed by atoms with Crippen LogP contribution in [0.2, 0.25) is 0 Å². The van der Waals surface area contributed by atoms with Crippen molar-refractivity contribution in [3.8, 4) is 0 Å². The second-order valence-corrected chi connectivity index (χ2v) is 8.79. The standard InChI is InChI=1S/C23H33N3O4/c1-23(2,3)13-21(27)24-18-9-10-20(25(4)5)17(12-18)14-26(22(28)16-29-6)15-19-8-7-11-30-19/h7-12H,13-16H2,1-6H3,(H,24,27). The summed E-state index contributed by atoms with van der Waals surface area (Å²) in [7, 11) is 5.40. The Morgan fingerprint density at radius 1 is 1.13 bits per heavy atom. The molecule has 1 heterocycles. The maximum Gasteiger partial charge on any atom is 0.249 e. The van der Waals surface area contributed by atoms with Gasteiger partial charge in [0.05, 0.1) is 12.8 Å². The van der Waals surface area contributed by atoms with E-state index in [0.717, 1.165) is 11.3 Å². The van der Waals surface area contributed by atoms with Gasteiger partial charge in [0, 0.05) is 45.5 Å². The molecule has 0 atom stereocenters. The van der Waals surface area contributed by atoms with Crippen LogP contribution in [0, 0.1) is 5.41 Å². The van der Waals surface area contributed by atoms with E-state index in [-0.39, 0.29) is 23.8 Å². The molecule has 0 aliphatic heterocycles. The average Bonchev–Trinajstić information content (AvgIpc) is 3.12. The van der Waals surface area contributed by atoms with E-state index in [4.69, 9.17) is 9.15 Å². The van der Waals surface area contributed by atoms with Gasteiger partial charge in [0.1, 0.15) is 12.4 Å². The third-order valence-electron chi connectivity index (χ3n) is 4.44. The fourth-order valence-electron chi connectivity index (χ4n) is 3.16. The van der Waals surface area contributed by atoms with Crippen LogP contribution in [0.15, 0.2) is 41.0 Å². The second kappa shape index (κ2) is 10.3. The first-order chi connectivity index (χ1) is 14.1. The number of benzene rings is 1. The van der Waals surface area contributed by atoms with Crippen LogP contribution in [0.3, 0.4) is 0 Å². The molecule has 1 aromatic carbocycles. The second-order valence-electron chi connectivity index (χ2n) is 8.79. The Kier molecular flexibility index (Phi) is 8.06. The van der Waals surface area contributed by atoms with Crippen LogP contribution < -0.4 is 10.2 Å². The van der Waals surface area contributed by atoms with Gasteiger partial charge >= 0.3 is 0 Å². The maximum atomic E-state index is 12.7. The van der Waals surface area contributed by atoms with E-state index in [1.54, 1.807) is 17.2 Å². The Bertz CT molecular complexity index is 839. The number of carbonyl (C=O) groups excluding carboxylic acids is 2. The van der Waals surface area contributed by atoms with Crippen LogP contribution in [0.5, 0.6) is 0 Å². The first kappa shape index (κ1) is 23.5. The van der Waals surface area contributed by atoms with Crippen molar-refractivity contribution in [3.05, 3.63) is 47.9 Å². The Hall–Kier alpha value is -2.80. The van der Waals surface area contributed by atoms with E-state index in [0.29, 0.717) is 31.0 Å². The van der Waals surface area contributed by atoms with Gasteiger partial charge in [0.15, 0.2) is 0 Å². The highest BCUT2D eigenvalue weighted by molar-refractivity contribution is 5.91. The summed E-state index contributed by atoms with van der Waals surface area (Å²) in [6, 6.07) is 9.39. The van der Waals surface area contributed by atoms with Crippen LogP contribution in [-0.2, 0) is 27.4 Å². The summed E-state index contributed by atoms with van der Waals surface area (Å²) >= 11 is 0. The summed E-state index contributed by atoms with van der Waals surface area (Å²) in [5, 5.41) is 2.97. The minimum atomic E-state index is -0.138. The molecule has 7 nitrogen and oxygen atoms in total. The Balaban J connectivity index is 2.28. The number of anilines is 2. The fourth-order valence-corrected chi connectivity index (χ4v) is 3.16. The molecule has 0 bridgehead atoms. The van der Waals surface area contributed by atoms with Crippen LogP contribution in [0.1, 0.15) is 38.5 Å². The molecule has 0 saturated heterocycles. The predicted octanol–water partition coefficient (Wildman–Crippen LogP) is 3.90. The molecule has 2 rings (SSSR count). The summed E-state index contributed by atoms with van der Waals surface area (Å²) in [4.78, 5) is 28.7. The van der Waals surface area contributed by atoms with Gasteiger partial charge in [-0.25, -0.2) is 0 Å². The van der Waals surface area contributed by atoms with E-state index in [2.05, 4.69) is 5.32 Å². The van der Waals surface area contributed by atoms with Crippen molar-refractivity contribution in [3.63, 3.8) is 0 Å². The number of nitrogens with one attached hydrogen (secondary N) is 1. The third kappa shape index (κ3) is 7.22. The largest absolute Gasteiger partial charge is 0.467 e. The van der Waals surface area contributed by atoms with Crippen LogP contribution in [-0.4, -0.2) is 44.5 Å². The number of rotatable bonds is 9. The normalized spacial score (nSPS) is 11.3. The van der Waals surface area contributed by atoms with Crippen molar-refractivity contribution in [2.45, 2.75) is 40.3 Å². The van der Waals surface area contributed by atoms with Crippen molar-refractivity contribution in [2.75, 3.05) is 38.0 Å². The van der Waals surface area contributed by atoms with Crippen LogP contribution in [0.4, 0.5) is 11.4 Å². The van der Waals surface area contributed by atoms with Crippen LogP contribution >= 0.6 is 0 Å². The third-order valence-corrected chi connectivity index (χ3v) is 4.44. The molecule has 0 spiro atoms. The lowest BCUT2D eigenvalue weighted by molar-refractivity contribution is -0.136. The lowest BCUT2D eigenvalue weighted by atomic mass is 9.92. The highest BCUT2D eigenvalue weighted by Crippen LogP contribution is 2.26. The molecule has 0 fully saturated rings. The van der Waals surface area contributed by atoms with Crippen molar-refractivity contribution in [2.24, 2.45) is 5.41 Å². The molecule has 1 aromatic heterocycles. The van der Waals surface area contributed by atoms with Crippen molar-refractivity contribution < 1.29 is 18.7 Å². The molecular weight excluding hydrogens is 382 g/mol. The molecule has 30 heavy (non-hydrogen) atoms. The number of amides is 2. The summed E-state index contributed by atoms with van der Waals surface area (Å²) in [6.45, 7) is 6.77. The summed E-state index contributed by atoms with van der Waals surface area (Å²) in [5.74, 6) is 0.523. The van der Waals surface area contributed by atoms with Gasteiger partial charge in [0.25, 0.3) is 0 Å². The number of furan rings is 1. The van der Waals surface area contributed by atoms with Gasteiger partial charge in [-0.2, -0.15) is 0 Å². The predicted molar refractivity (Wildman–Crippen MR) is 118 cm³/mol. The lowest BCUT2D eigenvalue weighted by Crippen LogP contribution is -2.33. The first-order valence-electron chi connectivity index (χ1n) is 9.98. The Morgan fingerprint density at radius 3 is 2.43 bits per heavy atom. The molecule has 1 N–H and O–H groups in total. The minimum absolute atomic E-state index is 0.0139. The fraction of sp³-hybridized carbons (Fsp3) is 0.478. The van der Waals surface area contributed by atoms with E-state index in [1.807, 2.05) is 64.0 Å². The number of methoxy groups -OCH3 is 1. The summed E-state index contributed by atoms with van der Waals surface area (Å²) in [6.07, 6.45) is 2.01. The van der Waals surface area contributed by atoms with E-state index in [9.17, 15) is 9.59 Å². The topological polar surface area (TPSA) is 75.0 Å². The smallest absolute Gasteiger partial charge is 0.249 e. The lowest BCUT2D eigenvalue weighted by Gasteiger charge is -2.26. The quantitative estimate of drug-likeness (QED) is 0.672.